The summed E-state index contributed by atoms with van der Waals surface area (Å²) in [5.41, 5.74) is 1.64. The van der Waals surface area contributed by atoms with Gasteiger partial charge in [-0.05, 0) is 70.1 Å². The van der Waals surface area contributed by atoms with E-state index in [1.165, 1.54) is 4.90 Å². The number of carbonyl (C=O) groups is 3. The Balaban J connectivity index is 1.30. The van der Waals surface area contributed by atoms with E-state index in [1.807, 2.05) is 56.6 Å². The highest BCUT2D eigenvalue weighted by Crippen LogP contribution is 2.41. The van der Waals surface area contributed by atoms with Crippen LogP contribution >= 0.6 is 20.3 Å². The van der Waals surface area contributed by atoms with E-state index >= 15 is 0 Å². The van der Waals surface area contributed by atoms with Crippen molar-refractivity contribution in [3.8, 4) is 0 Å². The van der Waals surface area contributed by atoms with Crippen molar-refractivity contribution >= 4 is 38.1 Å². The number of urea groups is 1. The largest absolute Gasteiger partial charge is 0.394 e. The Labute approximate surface area is 282 Å². The summed E-state index contributed by atoms with van der Waals surface area (Å²) in [6.07, 6.45) is 2.94. The molecular weight excluding hydrogens is 627 g/mol. The number of rotatable bonds is 19. The van der Waals surface area contributed by atoms with E-state index in [0.717, 1.165) is 24.8 Å². The average Bonchev–Trinajstić information content (AvgIpc) is 3.53. The highest BCUT2D eigenvalue weighted by molar-refractivity contribution is 8.00. The van der Waals surface area contributed by atoms with Gasteiger partial charge in [0.2, 0.25) is 7.34 Å². The molecule has 0 aliphatic carbocycles. The topological polar surface area (TPSA) is 141 Å². The number of carbonyl (C=O) groups excluding carboxylic acids is 3. The van der Waals surface area contributed by atoms with Crippen LogP contribution in [-0.2, 0) is 19.5 Å². The van der Waals surface area contributed by atoms with Crippen molar-refractivity contribution in [1.82, 2.24) is 20.2 Å². The maximum atomic E-state index is 13.3. The molecule has 260 valence electrons. The van der Waals surface area contributed by atoms with Gasteiger partial charge in [0, 0.05) is 48.2 Å². The number of thioether (sulfide) groups is 1. The zero-order valence-electron chi connectivity index (χ0n) is 29.5. The number of amides is 4. The van der Waals surface area contributed by atoms with E-state index in [0.29, 0.717) is 37.3 Å². The van der Waals surface area contributed by atoms with Crippen LogP contribution in [0.25, 0.3) is 0 Å². The predicted molar refractivity (Wildman–Crippen MR) is 184 cm³/mol. The van der Waals surface area contributed by atoms with E-state index in [2.05, 4.69) is 36.5 Å². The van der Waals surface area contributed by atoms with Crippen molar-refractivity contribution in [3.05, 3.63) is 35.4 Å². The van der Waals surface area contributed by atoms with E-state index < -0.39 is 14.6 Å². The van der Waals surface area contributed by atoms with Gasteiger partial charge < -0.3 is 29.9 Å². The van der Waals surface area contributed by atoms with Crippen LogP contribution in [0.15, 0.2) is 24.3 Å². The fraction of sp³-hybridized carbons (Fsp3) is 0.727. The average molecular weight is 684 g/mol. The lowest BCUT2D eigenvalue weighted by Crippen LogP contribution is -2.41. The lowest BCUT2D eigenvalue weighted by Gasteiger charge is -2.34. The van der Waals surface area contributed by atoms with Gasteiger partial charge in [0.15, 0.2) is 0 Å². The zero-order chi connectivity index (χ0) is 34.7. The molecule has 2 saturated heterocycles. The minimum Gasteiger partial charge on any atom is -0.394 e. The number of nitrogens with zero attached hydrogens (tertiary/aromatic N) is 2. The smallest absolute Gasteiger partial charge is 0.325 e. The standard InChI is InChI=1S/C33H55N4O7PS/c1-22(2)37(23(3)4)45(42)44-26(19-38)20-43-18-10-17-34-29(39)12-9-8-11-28-30-27(21-46-28)36(32(41)35-30)31(40)24-13-15-25(16-14-24)33(5,6)7/h13-16,22-23,26-28,30,38,42H,8-12,17-21H2,1-7H3,(H,34,39)(H,35,41)/t26?,27-,28?,30-,45?/m0/s1/i38D. The summed E-state index contributed by atoms with van der Waals surface area (Å²) in [6.45, 7) is 15.4. The number of nitrogens with one attached hydrogen (secondary N) is 2. The van der Waals surface area contributed by atoms with E-state index in [-0.39, 0.29) is 65.9 Å². The molecule has 1 aromatic rings. The summed E-state index contributed by atoms with van der Waals surface area (Å²) >= 11 is 1.79. The van der Waals surface area contributed by atoms with Crippen molar-refractivity contribution in [2.75, 3.05) is 32.1 Å². The quantitative estimate of drug-likeness (QED) is 0.0920. The predicted octanol–water partition coefficient (Wildman–Crippen LogP) is 4.80. The summed E-state index contributed by atoms with van der Waals surface area (Å²) in [4.78, 5) is 50.4. The Bertz CT molecular complexity index is 1150. The van der Waals surface area contributed by atoms with Crippen LogP contribution in [0.4, 0.5) is 4.79 Å². The number of unbranched alkanes of at least 4 members (excludes halogenated alkanes) is 1. The summed E-state index contributed by atoms with van der Waals surface area (Å²) in [5, 5.41) is 10.7. The fourth-order valence-corrected chi connectivity index (χ4v) is 8.72. The molecule has 1 aromatic carbocycles. The molecule has 0 aromatic heterocycles. The number of benzene rings is 1. The Morgan fingerprint density at radius 3 is 2.50 bits per heavy atom. The molecule has 0 bridgehead atoms. The van der Waals surface area contributed by atoms with Gasteiger partial charge in [-0.25, -0.2) is 9.46 Å². The third kappa shape index (κ3) is 10.9. The van der Waals surface area contributed by atoms with Gasteiger partial charge >= 0.3 is 6.03 Å². The van der Waals surface area contributed by atoms with E-state index in [9.17, 15) is 19.3 Å². The van der Waals surface area contributed by atoms with E-state index in [4.69, 9.17) is 10.7 Å². The zero-order valence-corrected chi connectivity index (χ0v) is 30.2. The molecule has 11 nitrogen and oxygen atoms in total. The summed E-state index contributed by atoms with van der Waals surface area (Å²) in [7, 11) is -1.85. The third-order valence-electron chi connectivity index (χ3n) is 8.27. The normalized spacial score (nSPS) is 21.5. The van der Waals surface area contributed by atoms with Crippen LogP contribution in [0, 0.1) is 0 Å². The van der Waals surface area contributed by atoms with Crippen LogP contribution in [-0.4, -0.2) is 106 Å². The monoisotopic (exact) mass is 683 g/mol. The van der Waals surface area contributed by atoms with Gasteiger partial charge in [-0.15, -0.1) is 0 Å². The number of ether oxygens (including phenoxy) is 1. The van der Waals surface area contributed by atoms with Gasteiger partial charge in [-0.2, -0.15) is 11.8 Å². The lowest BCUT2D eigenvalue weighted by molar-refractivity contribution is -0.121. The van der Waals surface area contributed by atoms with Crippen LogP contribution < -0.4 is 10.6 Å². The van der Waals surface area contributed by atoms with Crippen LogP contribution in [0.2, 0.25) is 0 Å². The lowest BCUT2D eigenvalue weighted by atomic mass is 9.86. The number of aliphatic hydroxyl groups is 1. The molecule has 4 N–H and O–H groups in total. The van der Waals surface area contributed by atoms with Crippen LogP contribution in [0.1, 0.15) is 96.5 Å². The molecule has 0 saturated carbocycles. The summed E-state index contributed by atoms with van der Waals surface area (Å²) in [5.74, 6) is 0.442. The first-order chi connectivity index (χ1) is 22.2. The Morgan fingerprint density at radius 1 is 1.17 bits per heavy atom. The third-order valence-corrected chi connectivity index (χ3v) is 11.6. The van der Waals surface area contributed by atoms with Crippen molar-refractivity contribution < 1.29 is 33.6 Å². The number of aliphatic hydroxyl groups excluding tert-OH is 1. The van der Waals surface area contributed by atoms with E-state index in [1.54, 1.807) is 11.8 Å². The van der Waals surface area contributed by atoms with Crippen LogP contribution in [0.3, 0.4) is 0 Å². The van der Waals surface area contributed by atoms with Gasteiger partial charge in [-0.1, -0.05) is 39.3 Å². The molecule has 3 unspecified atom stereocenters. The number of hydrogen-bond acceptors (Lipinski definition) is 9. The number of hydrogen-bond donors (Lipinski definition) is 4. The van der Waals surface area contributed by atoms with Gasteiger partial charge in [0.25, 0.3) is 14.4 Å². The first-order valence-electron chi connectivity index (χ1n) is 16.9. The number of fused-ring (bicyclic) bond motifs is 1. The molecule has 13 heteroatoms. The van der Waals surface area contributed by atoms with Crippen molar-refractivity contribution in [1.29, 1.82) is 1.43 Å². The maximum Gasteiger partial charge on any atom is 0.325 e. The van der Waals surface area contributed by atoms with Gasteiger partial charge in [0.1, 0.15) is 6.10 Å². The van der Waals surface area contributed by atoms with Crippen molar-refractivity contribution in [2.45, 2.75) is 122 Å². The van der Waals surface area contributed by atoms with Gasteiger partial charge in [-0.3, -0.25) is 14.5 Å². The molecule has 5 atom stereocenters. The van der Waals surface area contributed by atoms with Gasteiger partial charge in [0.05, 0.1) is 25.3 Å². The van der Waals surface area contributed by atoms with Crippen LogP contribution in [0.5, 0.6) is 0 Å². The first kappa shape index (κ1) is 37.0. The Morgan fingerprint density at radius 2 is 1.87 bits per heavy atom. The second-order valence-electron chi connectivity index (χ2n) is 13.7. The SMILES string of the molecule is [2H]OCC(COCCCNC(=O)CCCCC1SC[C@H]2[C@@H]1NC(=O)N2C(=O)c1ccc(C(C)(C)C)cc1)OP(O)N(C(C)C)C(C)C. The summed E-state index contributed by atoms with van der Waals surface area (Å²) in [6, 6.07) is 7.17. The highest BCUT2D eigenvalue weighted by atomic mass is 32.2. The minimum atomic E-state index is -1.85. The summed E-state index contributed by atoms with van der Waals surface area (Å²) < 4.78 is 20.4. The molecule has 2 fully saturated rings. The molecule has 0 radical (unpaired) electrons. The molecular formula is C33H55N4O7PS. The molecule has 2 heterocycles. The molecule has 3 rings (SSSR count). The molecule has 46 heavy (non-hydrogen) atoms. The Kier molecular flexibility index (Phi) is 14.6. The van der Waals surface area contributed by atoms with Crippen molar-refractivity contribution in [3.63, 3.8) is 0 Å². The highest BCUT2D eigenvalue weighted by Gasteiger charge is 2.50. The second-order valence-corrected chi connectivity index (χ2v) is 16.1. The second kappa shape index (κ2) is 18.1. The number of imide groups is 1. The molecule has 4 amide bonds. The Hall–Kier alpha value is -1.79. The first-order valence-corrected chi connectivity index (χ1v) is 18.7. The maximum absolute atomic E-state index is 13.3. The molecule has 0 spiro atoms. The fourth-order valence-electron chi connectivity index (χ4n) is 5.85. The molecule has 2 aliphatic heterocycles. The molecule has 2 aliphatic rings. The minimum absolute atomic E-state index is 0.0115. The van der Waals surface area contributed by atoms with Crippen molar-refractivity contribution in [2.24, 2.45) is 0 Å².